The van der Waals surface area contributed by atoms with Crippen LogP contribution in [0.25, 0.3) is 0 Å². The van der Waals surface area contributed by atoms with E-state index in [-0.39, 0.29) is 43.8 Å². The quantitative estimate of drug-likeness (QED) is 0.443. The third kappa shape index (κ3) is 8.40. The molecule has 2 aromatic rings. The molecular formula is C25H33Cl2N3O4S. The summed E-state index contributed by atoms with van der Waals surface area (Å²) in [5, 5.41) is 3.84. The Morgan fingerprint density at radius 3 is 2.31 bits per heavy atom. The zero-order valence-corrected chi connectivity index (χ0v) is 23.0. The highest BCUT2D eigenvalue weighted by molar-refractivity contribution is 7.92. The van der Waals surface area contributed by atoms with E-state index in [2.05, 4.69) is 5.32 Å². The largest absolute Gasteiger partial charge is 0.352 e. The number of hydrogen-bond acceptors (Lipinski definition) is 4. The van der Waals surface area contributed by atoms with E-state index in [9.17, 15) is 18.0 Å². The first-order valence-corrected chi connectivity index (χ1v) is 14.0. The average molecular weight is 543 g/mol. The van der Waals surface area contributed by atoms with Gasteiger partial charge in [-0.05, 0) is 69.5 Å². The summed E-state index contributed by atoms with van der Waals surface area (Å²) in [5.41, 5.74) is 1.92. The summed E-state index contributed by atoms with van der Waals surface area (Å²) in [6.07, 6.45) is 1.45. The number of benzene rings is 2. The molecule has 0 heterocycles. The summed E-state index contributed by atoms with van der Waals surface area (Å²) in [4.78, 5) is 27.5. The van der Waals surface area contributed by atoms with Crippen LogP contribution in [0.1, 0.15) is 44.7 Å². The second-order valence-electron chi connectivity index (χ2n) is 8.81. The van der Waals surface area contributed by atoms with Gasteiger partial charge < -0.3 is 10.2 Å². The third-order valence-corrected chi connectivity index (χ3v) is 7.32. The Kier molecular flexibility index (Phi) is 10.4. The van der Waals surface area contributed by atoms with Crippen LogP contribution in [-0.4, -0.2) is 50.0 Å². The SMILES string of the molecule is Cc1c(Cl)cccc1N(CCCC(=O)N(Cc1cccc(Cl)c1)[C@H](C)C(=O)NC(C)C)S(C)(=O)=O. The lowest BCUT2D eigenvalue weighted by atomic mass is 10.1. The highest BCUT2D eigenvalue weighted by Gasteiger charge is 2.27. The van der Waals surface area contributed by atoms with E-state index in [4.69, 9.17) is 23.2 Å². The lowest BCUT2D eigenvalue weighted by Crippen LogP contribution is -2.49. The average Bonchev–Trinajstić information content (AvgIpc) is 2.75. The fraction of sp³-hybridized carbons (Fsp3) is 0.440. The Bertz CT molecular complexity index is 1160. The van der Waals surface area contributed by atoms with Crippen molar-refractivity contribution in [3.8, 4) is 0 Å². The highest BCUT2D eigenvalue weighted by Crippen LogP contribution is 2.28. The van der Waals surface area contributed by atoms with E-state index < -0.39 is 16.1 Å². The Morgan fingerprint density at radius 1 is 1.06 bits per heavy atom. The number of nitrogens with zero attached hydrogens (tertiary/aromatic N) is 2. The molecule has 0 saturated heterocycles. The molecule has 1 atom stereocenters. The van der Waals surface area contributed by atoms with Crippen molar-refractivity contribution in [3.63, 3.8) is 0 Å². The van der Waals surface area contributed by atoms with E-state index >= 15 is 0 Å². The van der Waals surface area contributed by atoms with Gasteiger partial charge >= 0.3 is 0 Å². The van der Waals surface area contributed by atoms with Crippen LogP contribution < -0.4 is 9.62 Å². The molecule has 0 saturated carbocycles. The highest BCUT2D eigenvalue weighted by atomic mass is 35.5. The summed E-state index contributed by atoms with van der Waals surface area (Å²) in [6.45, 7) is 7.44. The van der Waals surface area contributed by atoms with Crippen LogP contribution in [0.3, 0.4) is 0 Å². The molecule has 2 rings (SSSR count). The first kappa shape index (κ1) is 28.9. The number of rotatable bonds is 11. The van der Waals surface area contributed by atoms with Gasteiger partial charge in [0.1, 0.15) is 6.04 Å². The second kappa shape index (κ2) is 12.6. The van der Waals surface area contributed by atoms with Gasteiger partial charge in [-0.15, -0.1) is 0 Å². The van der Waals surface area contributed by atoms with Crippen LogP contribution in [0.15, 0.2) is 42.5 Å². The van der Waals surface area contributed by atoms with Gasteiger partial charge in [-0.2, -0.15) is 0 Å². The molecule has 0 aliphatic heterocycles. The summed E-state index contributed by atoms with van der Waals surface area (Å²) < 4.78 is 26.3. The van der Waals surface area contributed by atoms with E-state index in [0.717, 1.165) is 11.8 Å². The van der Waals surface area contributed by atoms with Gasteiger partial charge in [0.15, 0.2) is 0 Å². The van der Waals surface area contributed by atoms with E-state index in [1.807, 2.05) is 19.9 Å². The monoisotopic (exact) mass is 541 g/mol. The lowest BCUT2D eigenvalue weighted by molar-refractivity contribution is -0.140. The van der Waals surface area contributed by atoms with Gasteiger partial charge in [0.05, 0.1) is 11.9 Å². The molecular weight excluding hydrogens is 509 g/mol. The fourth-order valence-corrected chi connectivity index (χ4v) is 5.07. The zero-order chi connectivity index (χ0) is 26.3. The van der Waals surface area contributed by atoms with Crippen molar-refractivity contribution in [2.75, 3.05) is 17.1 Å². The predicted octanol–water partition coefficient (Wildman–Crippen LogP) is 4.79. The number of carbonyl (C=O) groups excluding carboxylic acids is 2. The smallest absolute Gasteiger partial charge is 0.242 e. The van der Waals surface area contributed by atoms with Crippen molar-refractivity contribution in [1.29, 1.82) is 0 Å². The molecule has 0 spiro atoms. The van der Waals surface area contributed by atoms with Crippen molar-refractivity contribution < 1.29 is 18.0 Å². The van der Waals surface area contributed by atoms with Gasteiger partial charge in [0.2, 0.25) is 21.8 Å². The molecule has 0 aliphatic carbocycles. The Hall–Kier alpha value is -2.29. The molecule has 0 bridgehead atoms. The lowest BCUT2D eigenvalue weighted by Gasteiger charge is -2.30. The topological polar surface area (TPSA) is 86.8 Å². The fourth-order valence-electron chi connectivity index (χ4n) is 3.67. The van der Waals surface area contributed by atoms with Crippen LogP contribution in [0.5, 0.6) is 0 Å². The molecule has 0 fully saturated rings. The molecule has 2 aromatic carbocycles. The van der Waals surface area contributed by atoms with Crippen LogP contribution in [0.2, 0.25) is 10.0 Å². The standard InChI is InChI=1S/C25H33Cl2N3O4S/c1-17(2)28-25(32)19(4)29(16-20-9-6-10-21(26)15-20)24(31)13-8-14-30(35(5,33)34)23-12-7-11-22(27)18(23)3/h6-7,9-12,15,17,19H,8,13-14,16H2,1-5H3,(H,28,32)/t19-/m1/s1. The van der Waals surface area contributed by atoms with Crippen molar-refractivity contribution in [3.05, 3.63) is 63.6 Å². The number of amides is 2. The van der Waals surface area contributed by atoms with E-state index in [0.29, 0.717) is 21.3 Å². The first-order chi connectivity index (χ1) is 16.3. The maximum absolute atomic E-state index is 13.3. The van der Waals surface area contributed by atoms with Crippen LogP contribution >= 0.6 is 23.2 Å². The minimum absolute atomic E-state index is 0.0610. The van der Waals surface area contributed by atoms with Crippen molar-refractivity contribution in [2.45, 2.75) is 59.2 Å². The maximum atomic E-state index is 13.3. The number of halogens is 2. The Morgan fingerprint density at radius 2 is 1.71 bits per heavy atom. The predicted molar refractivity (Wildman–Crippen MR) is 142 cm³/mol. The molecule has 1 N–H and O–H groups in total. The number of carbonyl (C=O) groups is 2. The molecule has 0 unspecified atom stereocenters. The minimum atomic E-state index is -3.60. The summed E-state index contributed by atoms with van der Waals surface area (Å²) >= 11 is 12.3. The summed E-state index contributed by atoms with van der Waals surface area (Å²) in [6, 6.07) is 11.4. The van der Waals surface area contributed by atoms with Crippen molar-refractivity contribution in [2.24, 2.45) is 0 Å². The Balaban J connectivity index is 2.21. The van der Waals surface area contributed by atoms with Gasteiger partial charge in [0.25, 0.3) is 0 Å². The number of hydrogen-bond donors (Lipinski definition) is 1. The first-order valence-electron chi connectivity index (χ1n) is 11.4. The van der Waals surface area contributed by atoms with E-state index in [1.165, 1.54) is 9.21 Å². The van der Waals surface area contributed by atoms with Crippen molar-refractivity contribution in [1.82, 2.24) is 10.2 Å². The van der Waals surface area contributed by atoms with Gasteiger partial charge in [-0.25, -0.2) is 8.42 Å². The van der Waals surface area contributed by atoms with Crippen LogP contribution in [0, 0.1) is 6.92 Å². The van der Waals surface area contributed by atoms with Crippen molar-refractivity contribution >= 4 is 50.7 Å². The molecule has 10 heteroatoms. The molecule has 192 valence electrons. The second-order valence-corrected chi connectivity index (χ2v) is 11.6. The van der Waals surface area contributed by atoms with Crippen LogP contribution in [0.4, 0.5) is 5.69 Å². The Labute approximate surface area is 218 Å². The zero-order valence-electron chi connectivity index (χ0n) is 20.7. The molecule has 0 radical (unpaired) electrons. The van der Waals surface area contributed by atoms with Gasteiger partial charge in [-0.1, -0.05) is 41.4 Å². The molecule has 0 aliphatic rings. The number of sulfonamides is 1. The van der Waals surface area contributed by atoms with Gasteiger partial charge in [-0.3, -0.25) is 13.9 Å². The summed E-state index contributed by atoms with van der Waals surface area (Å²) in [7, 11) is -3.60. The maximum Gasteiger partial charge on any atom is 0.242 e. The minimum Gasteiger partial charge on any atom is -0.352 e. The van der Waals surface area contributed by atoms with Gasteiger partial charge in [0, 0.05) is 35.6 Å². The number of nitrogens with one attached hydrogen (secondary N) is 1. The summed E-state index contributed by atoms with van der Waals surface area (Å²) in [5.74, 6) is -0.518. The molecule has 7 nitrogen and oxygen atoms in total. The van der Waals surface area contributed by atoms with E-state index in [1.54, 1.807) is 50.2 Å². The molecule has 0 aromatic heterocycles. The third-order valence-electron chi connectivity index (χ3n) is 5.50. The number of anilines is 1. The molecule has 35 heavy (non-hydrogen) atoms. The normalized spacial score (nSPS) is 12.3. The van der Waals surface area contributed by atoms with Crippen LogP contribution in [-0.2, 0) is 26.2 Å². The molecule has 2 amide bonds.